The SMILES string of the molecule is CCSCCC(C)NCc1cnn(C)c1. The molecule has 0 aromatic carbocycles. The Morgan fingerprint density at radius 2 is 2.40 bits per heavy atom. The molecule has 1 aromatic heterocycles. The monoisotopic (exact) mass is 227 g/mol. The van der Waals surface area contributed by atoms with Crippen LogP contribution in [-0.2, 0) is 13.6 Å². The highest BCUT2D eigenvalue weighted by Crippen LogP contribution is 2.04. The quantitative estimate of drug-likeness (QED) is 0.723. The van der Waals surface area contributed by atoms with Crippen LogP contribution < -0.4 is 5.32 Å². The van der Waals surface area contributed by atoms with E-state index in [0.717, 1.165) is 6.54 Å². The number of aromatic nitrogens is 2. The molecule has 4 heteroatoms. The van der Waals surface area contributed by atoms with Crippen molar-refractivity contribution in [3.05, 3.63) is 18.0 Å². The molecule has 0 bridgehead atoms. The maximum atomic E-state index is 4.14. The molecule has 0 fully saturated rings. The molecule has 0 saturated heterocycles. The van der Waals surface area contributed by atoms with Crippen LogP contribution >= 0.6 is 11.8 Å². The molecule has 0 amide bonds. The van der Waals surface area contributed by atoms with Crippen LogP contribution in [0.5, 0.6) is 0 Å². The summed E-state index contributed by atoms with van der Waals surface area (Å²) >= 11 is 2.01. The van der Waals surface area contributed by atoms with Crippen molar-refractivity contribution in [2.24, 2.45) is 7.05 Å². The van der Waals surface area contributed by atoms with Crippen molar-refractivity contribution in [1.29, 1.82) is 0 Å². The molecule has 0 aliphatic carbocycles. The number of thioether (sulfide) groups is 1. The van der Waals surface area contributed by atoms with Crippen LogP contribution in [0, 0.1) is 0 Å². The lowest BCUT2D eigenvalue weighted by Gasteiger charge is -2.12. The fourth-order valence-corrected chi connectivity index (χ4v) is 2.17. The third kappa shape index (κ3) is 5.23. The lowest BCUT2D eigenvalue weighted by molar-refractivity contribution is 0.537. The topological polar surface area (TPSA) is 29.9 Å². The third-order valence-electron chi connectivity index (χ3n) is 2.31. The number of hydrogen-bond acceptors (Lipinski definition) is 3. The van der Waals surface area contributed by atoms with Crippen LogP contribution in [0.25, 0.3) is 0 Å². The first kappa shape index (κ1) is 12.6. The van der Waals surface area contributed by atoms with Gasteiger partial charge in [-0.3, -0.25) is 4.68 Å². The van der Waals surface area contributed by atoms with E-state index in [1.165, 1.54) is 23.5 Å². The van der Waals surface area contributed by atoms with E-state index >= 15 is 0 Å². The Balaban J connectivity index is 2.13. The number of aryl methyl sites for hydroxylation is 1. The van der Waals surface area contributed by atoms with Gasteiger partial charge >= 0.3 is 0 Å². The largest absolute Gasteiger partial charge is 0.310 e. The van der Waals surface area contributed by atoms with Gasteiger partial charge in [-0.2, -0.15) is 16.9 Å². The number of hydrogen-bond donors (Lipinski definition) is 1. The highest BCUT2D eigenvalue weighted by molar-refractivity contribution is 7.99. The smallest absolute Gasteiger partial charge is 0.0534 e. The van der Waals surface area contributed by atoms with Gasteiger partial charge in [0.15, 0.2) is 0 Å². The zero-order valence-corrected chi connectivity index (χ0v) is 10.7. The fraction of sp³-hybridized carbons (Fsp3) is 0.727. The minimum Gasteiger partial charge on any atom is -0.310 e. The van der Waals surface area contributed by atoms with Gasteiger partial charge in [0.25, 0.3) is 0 Å². The average Bonchev–Trinajstić information content (AvgIpc) is 2.62. The second-order valence-electron chi connectivity index (χ2n) is 3.79. The maximum absolute atomic E-state index is 4.14. The Labute approximate surface area is 96.6 Å². The molecule has 1 heterocycles. The van der Waals surface area contributed by atoms with Gasteiger partial charge in [0.05, 0.1) is 6.20 Å². The third-order valence-corrected chi connectivity index (χ3v) is 3.24. The van der Waals surface area contributed by atoms with Gasteiger partial charge < -0.3 is 5.32 Å². The van der Waals surface area contributed by atoms with E-state index in [4.69, 9.17) is 0 Å². The van der Waals surface area contributed by atoms with E-state index in [0.29, 0.717) is 6.04 Å². The molecule has 0 saturated carbocycles. The highest BCUT2D eigenvalue weighted by atomic mass is 32.2. The molecule has 1 N–H and O–H groups in total. The molecule has 1 unspecified atom stereocenters. The predicted octanol–water partition coefficient (Wildman–Crippen LogP) is 2.04. The van der Waals surface area contributed by atoms with E-state index in [9.17, 15) is 0 Å². The van der Waals surface area contributed by atoms with Crippen LogP contribution in [-0.4, -0.2) is 27.3 Å². The minimum absolute atomic E-state index is 0.587. The van der Waals surface area contributed by atoms with Gasteiger partial charge in [-0.25, -0.2) is 0 Å². The van der Waals surface area contributed by atoms with E-state index < -0.39 is 0 Å². The van der Waals surface area contributed by atoms with E-state index in [-0.39, 0.29) is 0 Å². The molecule has 1 aromatic rings. The predicted molar refractivity (Wildman–Crippen MR) is 67.1 cm³/mol. The van der Waals surface area contributed by atoms with E-state index in [1.54, 1.807) is 0 Å². The van der Waals surface area contributed by atoms with Crippen molar-refractivity contribution in [3.63, 3.8) is 0 Å². The number of rotatable bonds is 7. The molecule has 3 nitrogen and oxygen atoms in total. The van der Waals surface area contributed by atoms with Crippen LogP contribution in [0.4, 0.5) is 0 Å². The molecule has 0 aliphatic rings. The Bertz CT molecular complexity index is 273. The molecular formula is C11H21N3S. The summed E-state index contributed by atoms with van der Waals surface area (Å²) in [5.41, 5.74) is 1.26. The Morgan fingerprint density at radius 3 is 3.00 bits per heavy atom. The zero-order chi connectivity index (χ0) is 11.1. The van der Waals surface area contributed by atoms with Crippen molar-refractivity contribution in [2.45, 2.75) is 32.9 Å². The first-order valence-electron chi connectivity index (χ1n) is 5.51. The van der Waals surface area contributed by atoms with E-state index in [2.05, 4.69) is 30.5 Å². The summed E-state index contributed by atoms with van der Waals surface area (Å²) in [7, 11) is 1.95. The summed E-state index contributed by atoms with van der Waals surface area (Å²) < 4.78 is 1.84. The van der Waals surface area contributed by atoms with Crippen molar-refractivity contribution in [3.8, 4) is 0 Å². The first-order valence-corrected chi connectivity index (χ1v) is 6.66. The standard InChI is InChI=1S/C11H21N3S/c1-4-15-6-5-10(2)12-7-11-8-13-14(3)9-11/h8-10,12H,4-7H2,1-3H3. The number of nitrogens with zero attached hydrogens (tertiary/aromatic N) is 2. The molecule has 86 valence electrons. The van der Waals surface area contributed by atoms with Crippen molar-refractivity contribution in [1.82, 2.24) is 15.1 Å². The summed E-state index contributed by atoms with van der Waals surface area (Å²) in [6, 6.07) is 0.587. The van der Waals surface area contributed by atoms with Crippen molar-refractivity contribution >= 4 is 11.8 Å². The highest BCUT2D eigenvalue weighted by Gasteiger charge is 2.02. The van der Waals surface area contributed by atoms with Gasteiger partial charge in [0.1, 0.15) is 0 Å². The van der Waals surface area contributed by atoms with Crippen LogP contribution in [0.3, 0.4) is 0 Å². The maximum Gasteiger partial charge on any atom is 0.0534 e. The van der Waals surface area contributed by atoms with Crippen LogP contribution in [0.15, 0.2) is 12.4 Å². The molecule has 1 rings (SSSR count). The summed E-state index contributed by atoms with van der Waals surface area (Å²) in [6.07, 6.45) is 5.21. The summed E-state index contributed by atoms with van der Waals surface area (Å²) in [6.45, 7) is 5.37. The molecule has 0 aliphatic heterocycles. The van der Waals surface area contributed by atoms with Crippen LogP contribution in [0.2, 0.25) is 0 Å². The van der Waals surface area contributed by atoms with Gasteiger partial charge in [0.2, 0.25) is 0 Å². The summed E-state index contributed by atoms with van der Waals surface area (Å²) in [4.78, 5) is 0. The lowest BCUT2D eigenvalue weighted by atomic mass is 10.2. The van der Waals surface area contributed by atoms with Gasteiger partial charge in [0, 0.05) is 31.4 Å². The zero-order valence-electron chi connectivity index (χ0n) is 9.86. The van der Waals surface area contributed by atoms with Gasteiger partial charge in [-0.15, -0.1) is 0 Å². The molecule has 1 atom stereocenters. The van der Waals surface area contributed by atoms with E-state index in [1.807, 2.05) is 29.7 Å². The summed E-state index contributed by atoms with van der Waals surface area (Å²) in [5.74, 6) is 2.47. The Morgan fingerprint density at radius 1 is 1.60 bits per heavy atom. The van der Waals surface area contributed by atoms with Crippen LogP contribution in [0.1, 0.15) is 25.8 Å². The fourth-order valence-electron chi connectivity index (χ4n) is 1.36. The Hall–Kier alpha value is -0.480. The first-order chi connectivity index (χ1) is 7.22. The van der Waals surface area contributed by atoms with Crippen molar-refractivity contribution in [2.75, 3.05) is 11.5 Å². The Kier molecular flexibility index (Phi) is 5.79. The molecule has 15 heavy (non-hydrogen) atoms. The molecule has 0 radical (unpaired) electrons. The normalized spacial score (nSPS) is 13.0. The molecular weight excluding hydrogens is 206 g/mol. The minimum atomic E-state index is 0.587. The van der Waals surface area contributed by atoms with Gasteiger partial charge in [-0.05, 0) is 24.9 Å². The summed E-state index contributed by atoms with van der Waals surface area (Å²) in [5, 5.41) is 7.65. The second kappa shape index (κ2) is 6.90. The van der Waals surface area contributed by atoms with Gasteiger partial charge in [-0.1, -0.05) is 6.92 Å². The second-order valence-corrected chi connectivity index (χ2v) is 5.18. The average molecular weight is 227 g/mol. The lowest BCUT2D eigenvalue weighted by Crippen LogP contribution is -2.25. The van der Waals surface area contributed by atoms with Crippen molar-refractivity contribution < 1.29 is 0 Å². The number of nitrogens with one attached hydrogen (secondary N) is 1. The molecule has 0 spiro atoms.